The second kappa shape index (κ2) is 5.07. The van der Waals surface area contributed by atoms with Crippen LogP contribution in [0.25, 0.3) is 22.4 Å². The normalized spacial score (nSPS) is 13.3. The first-order valence-electron chi connectivity index (χ1n) is 8.09. The average molecular weight is 249 g/mol. The van der Waals surface area contributed by atoms with Crippen molar-refractivity contribution in [1.29, 1.82) is 0 Å². The van der Waals surface area contributed by atoms with E-state index in [1.807, 2.05) is 43.3 Å². The summed E-state index contributed by atoms with van der Waals surface area (Å²) >= 11 is 0. The van der Waals surface area contributed by atoms with Crippen LogP contribution in [0.3, 0.4) is 0 Å². The highest BCUT2D eigenvalue weighted by Gasteiger charge is 2.05. The maximum absolute atomic E-state index is 8.03. The highest BCUT2D eigenvalue weighted by Crippen LogP contribution is 2.26. The Morgan fingerprint density at radius 2 is 1.79 bits per heavy atom. The van der Waals surface area contributed by atoms with Gasteiger partial charge in [0.15, 0.2) is 0 Å². The van der Waals surface area contributed by atoms with E-state index in [1.165, 1.54) is 6.07 Å². The summed E-state index contributed by atoms with van der Waals surface area (Å²) in [6, 6.07) is 12.6. The molecular formula is C18H15N. The van der Waals surface area contributed by atoms with E-state index in [-0.39, 0.29) is 24.2 Å². The summed E-state index contributed by atoms with van der Waals surface area (Å²) in [5.74, 6) is 0. The Balaban J connectivity index is 2.12. The maximum atomic E-state index is 8.03. The number of nitrogens with zero attached hydrogens (tertiary/aromatic N) is 1. The van der Waals surface area contributed by atoms with Crippen molar-refractivity contribution in [2.45, 2.75) is 6.92 Å². The van der Waals surface area contributed by atoms with Gasteiger partial charge in [-0.1, -0.05) is 60.6 Å². The molecular weight excluding hydrogens is 230 g/mol. The summed E-state index contributed by atoms with van der Waals surface area (Å²) in [5, 5.41) is 0. The summed E-state index contributed by atoms with van der Waals surface area (Å²) in [5.41, 5.74) is 4.05. The van der Waals surface area contributed by atoms with Crippen LogP contribution in [0.1, 0.15) is 11.0 Å². The Hall–Kier alpha value is -2.41. The quantitative estimate of drug-likeness (QED) is 0.640. The van der Waals surface area contributed by atoms with Crippen LogP contribution >= 0.6 is 0 Å². The number of hydrogen-bond acceptors (Lipinski definition) is 1. The molecule has 0 saturated heterocycles. The molecule has 19 heavy (non-hydrogen) atoms. The van der Waals surface area contributed by atoms with Crippen molar-refractivity contribution in [2.75, 3.05) is 0 Å². The highest BCUT2D eigenvalue weighted by molar-refractivity contribution is 5.70. The van der Waals surface area contributed by atoms with Crippen LogP contribution in [0.4, 0.5) is 0 Å². The third-order valence-electron chi connectivity index (χ3n) is 3.02. The fraction of sp³-hybridized carbons (Fsp3) is 0.0556. The molecule has 0 radical (unpaired) electrons. The minimum Gasteiger partial charge on any atom is -0.256 e. The predicted octanol–water partition coefficient (Wildman–Crippen LogP) is 4.72. The van der Waals surface area contributed by atoms with Gasteiger partial charge in [0.05, 0.1) is 11.2 Å². The molecule has 0 fully saturated rings. The van der Waals surface area contributed by atoms with Crippen molar-refractivity contribution in [3.8, 4) is 22.4 Å². The summed E-state index contributed by atoms with van der Waals surface area (Å²) in [6.45, 7) is 1.97. The van der Waals surface area contributed by atoms with Gasteiger partial charge in [-0.05, 0) is 24.1 Å². The van der Waals surface area contributed by atoms with Gasteiger partial charge in [-0.2, -0.15) is 0 Å². The number of hydrogen-bond donors (Lipinski definition) is 0. The first kappa shape index (κ1) is 7.90. The van der Waals surface area contributed by atoms with Crippen molar-refractivity contribution in [1.82, 2.24) is 4.98 Å². The van der Waals surface area contributed by atoms with Crippen LogP contribution in [0.2, 0.25) is 0 Å². The zero-order chi connectivity index (χ0) is 16.6. The summed E-state index contributed by atoms with van der Waals surface area (Å²) < 4.78 is 31.2. The molecule has 2 aromatic carbocycles. The van der Waals surface area contributed by atoms with Crippen molar-refractivity contribution in [3.05, 3.63) is 78.4 Å². The topological polar surface area (TPSA) is 12.9 Å². The molecule has 3 rings (SSSR count). The zero-order valence-corrected chi connectivity index (χ0v) is 10.6. The van der Waals surface area contributed by atoms with E-state index in [4.69, 9.17) is 5.48 Å². The number of rotatable bonds is 2. The summed E-state index contributed by atoms with van der Waals surface area (Å²) in [7, 11) is 0. The lowest BCUT2D eigenvalue weighted by Gasteiger charge is -2.08. The summed E-state index contributed by atoms with van der Waals surface area (Å²) in [6.07, 6.45) is 1.75. The second-order valence-electron chi connectivity index (χ2n) is 4.33. The number of aromatic nitrogens is 1. The third-order valence-corrected chi connectivity index (χ3v) is 3.02. The number of benzene rings is 2. The first-order chi connectivity index (χ1) is 11.0. The van der Waals surface area contributed by atoms with Gasteiger partial charge in [0, 0.05) is 17.3 Å². The molecule has 0 aliphatic carbocycles. The standard InChI is InChI=1S/C18H15N/c1-14-12-18(16-10-6-3-7-11-16)19-13-17(14)15-8-4-2-5-9-15/h2-13H,1H3/i3D,6D,7D,10D. The lowest BCUT2D eigenvalue weighted by molar-refractivity contribution is 1.29. The van der Waals surface area contributed by atoms with E-state index >= 15 is 0 Å². The van der Waals surface area contributed by atoms with Crippen LogP contribution in [-0.2, 0) is 0 Å². The van der Waals surface area contributed by atoms with E-state index in [1.54, 1.807) is 6.20 Å². The zero-order valence-electron chi connectivity index (χ0n) is 14.6. The second-order valence-corrected chi connectivity index (χ2v) is 4.33. The number of aryl methyl sites for hydroxylation is 1. The Kier molecular flexibility index (Phi) is 2.11. The largest absolute Gasteiger partial charge is 0.256 e. The van der Waals surface area contributed by atoms with E-state index < -0.39 is 0 Å². The van der Waals surface area contributed by atoms with Gasteiger partial charge in [0.25, 0.3) is 0 Å². The highest BCUT2D eigenvalue weighted by atomic mass is 14.7. The Morgan fingerprint density at radius 3 is 2.58 bits per heavy atom. The average Bonchev–Trinajstić information content (AvgIpc) is 2.57. The molecule has 3 aromatic rings. The summed E-state index contributed by atoms with van der Waals surface area (Å²) in [4.78, 5) is 4.41. The van der Waals surface area contributed by atoms with Gasteiger partial charge >= 0.3 is 0 Å². The van der Waals surface area contributed by atoms with E-state index in [0.29, 0.717) is 11.3 Å². The SMILES string of the molecule is [2H]c1cc(-c2cc(C)c(-c3ccccc3)cn2)c([2H])c([2H])c1[2H]. The van der Waals surface area contributed by atoms with Crippen molar-refractivity contribution < 1.29 is 5.48 Å². The Labute approximate surface area is 119 Å². The molecule has 1 nitrogen and oxygen atoms in total. The van der Waals surface area contributed by atoms with Gasteiger partial charge in [-0.25, -0.2) is 0 Å². The molecule has 92 valence electrons. The van der Waals surface area contributed by atoms with Crippen LogP contribution in [0.15, 0.2) is 72.8 Å². The molecule has 0 aliphatic heterocycles. The lowest BCUT2D eigenvalue weighted by atomic mass is 10.0. The third kappa shape index (κ3) is 2.41. The van der Waals surface area contributed by atoms with Gasteiger partial charge in [-0.3, -0.25) is 4.98 Å². The van der Waals surface area contributed by atoms with E-state index in [9.17, 15) is 0 Å². The van der Waals surface area contributed by atoms with Crippen LogP contribution in [0, 0.1) is 6.92 Å². The van der Waals surface area contributed by atoms with Crippen molar-refractivity contribution in [3.63, 3.8) is 0 Å². The monoisotopic (exact) mass is 249 g/mol. The van der Waals surface area contributed by atoms with Gasteiger partial charge in [0.2, 0.25) is 0 Å². The molecule has 1 heteroatoms. The molecule has 0 atom stereocenters. The smallest absolute Gasteiger partial charge is 0.0705 e. The minimum absolute atomic E-state index is 0.0624. The van der Waals surface area contributed by atoms with E-state index in [2.05, 4.69) is 4.98 Å². The van der Waals surface area contributed by atoms with Crippen molar-refractivity contribution >= 4 is 0 Å². The van der Waals surface area contributed by atoms with Crippen LogP contribution < -0.4 is 0 Å². The van der Waals surface area contributed by atoms with E-state index in [0.717, 1.165) is 16.7 Å². The van der Waals surface area contributed by atoms with Gasteiger partial charge < -0.3 is 0 Å². The first-order valence-corrected chi connectivity index (χ1v) is 6.09. The molecule has 0 saturated carbocycles. The van der Waals surface area contributed by atoms with Crippen LogP contribution in [-0.4, -0.2) is 4.98 Å². The Bertz CT molecular complexity index is 876. The molecule has 0 bridgehead atoms. The van der Waals surface area contributed by atoms with Gasteiger partial charge in [-0.15, -0.1) is 0 Å². The van der Waals surface area contributed by atoms with Crippen molar-refractivity contribution in [2.24, 2.45) is 0 Å². The van der Waals surface area contributed by atoms with Gasteiger partial charge in [0.1, 0.15) is 0 Å². The Morgan fingerprint density at radius 1 is 0.947 bits per heavy atom. The lowest BCUT2D eigenvalue weighted by Crippen LogP contribution is -1.89. The molecule has 1 aromatic heterocycles. The van der Waals surface area contributed by atoms with Crippen LogP contribution in [0.5, 0.6) is 0 Å². The maximum Gasteiger partial charge on any atom is 0.0705 e. The molecule has 0 unspecified atom stereocenters. The molecule has 0 N–H and O–H groups in total. The number of pyridine rings is 1. The molecule has 0 spiro atoms. The molecule has 0 aliphatic rings. The predicted molar refractivity (Wildman–Crippen MR) is 79.8 cm³/mol. The minimum atomic E-state index is -0.237. The molecule has 1 heterocycles. The molecule has 0 amide bonds. The fourth-order valence-corrected chi connectivity index (χ4v) is 2.04. The fourth-order valence-electron chi connectivity index (χ4n) is 2.04.